The molecule has 0 fully saturated rings. The van der Waals surface area contributed by atoms with Crippen LogP contribution in [0.25, 0.3) is 5.76 Å². The van der Waals surface area contributed by atoms with E-state index in [1.54, 1.807) is 0 Å². The minimum Gasteiger partial charge on any atom is -0.493 e. The van der Waals surface area contributed by atoms with Gasteiger partial charge in [-0.15, -0.1) is 0 Å². The van der Waals surface area contributed by atoms with Gasteiger partial charge in [-0.3, -0.25) is 0 Å². The van der Waals surface area contributed by atoms with Gasteiger partial charge in [-0.2, -0.15) is 0 Å². The molecule has 0 atom stereocenters. The molecule has 0 aliphatic heterocycles. The molecule has 86 valence electrons. The Morgan fingerprint density at radius 2 is 2.06 bits per heavy atom. The number of hydrogen-bond acceptors (Lipinski definition) is 1. The van der Waals surface area contributed by atoms with Gasteiger partial charge in [0.05, 0.1) is 6.61 Å². The van der Waals surface area contributed by atoms with E-state index in [1.165, 1.54) is 24.0 Å². The summed E-state index contributed by atoms with van der Waals surface area (Å²) in [4.78, 5) is 0. The lowest BCUT2D eigenvalue weighted by molar-refractivity contribution is 0.265. The highest BCUT2D eigenvalue weighted by molar-refractivity contribution is 5.64. The molecule has 1 nitrogen and oxygen atoms in total. The van der Waals surface area contributed by atoms with Gasteiger partial charge in [-0.25, -0.2) is 0 Å². The Bertz CT molecular complexity index is 365. The number of rotatable bonds is 5. The van der Waals surface area contributed by atoms with Gasteiger partial charge < -0.3 is 4.74 Å². The minimum absolute atomic E-state index is 0.855. The van der Waals surface area contributed by atoms with Crippen molar-refractivity contribution in [2.75, 3.05) is 6.61 Å². The fraction of sp³-hybridized carbons (Fsp3) is 0.467. The maximum Gasteiger partial charge on any atom is 0.122 e. The highest BCUT2D eigenvalue weighted by Crippen LogP contribution is 2.27. The van der Waals surface area contributed by atoms with Crippen LogP contribution in [0.3, 0.4) is 0 Å². The molecular weight excluding hydrogens is 196 g/mol. The van der Waals surface area contributed by atoms with Gasteiger partial charge >= 0.3 is 0 Å². The summed E-state index contributed by atoms with van der Waals surface area (Å²) in [6.07, 6.45) is 8.16. The fourth-order valence-electron chi connectivity index (χ4n) is 2.12. The quantitative estimate of drug-likeness (QED) is 0.671. The van der Waals surface area contributed by atoms with E-state index in [9.17, 15) is 0 Å². The van der Waals surface area contributed by atoms with Gasteiger partial charge in [0.15, 0.2) is 0 Å². The first kappa shape index (κ1) is 11.3. The molecule has 1 aromatic carbocycles. The van der Waals surface area contributed by atoms with Crippen LogP contribution >= 0.6 is 0 Å². The van der Waals surface area contributed by atoms with Crippen molar-refractivity contribution < 1.29 is 4.74 Å². The summed E-state index contributed by atoms with van der Waals surface area (Å²) < 4.78 is 5.87. The van der Waals surface area contributed by atoms with Crippen LogP contribution in [0.2, 0.25) is 0 Å². The lowest BCUT2D eigenvalue weighted by Crippen LogP contribution is -2.03. The second-order valence-electron chi connectivity index (χ2n) is 4.32. The molecule has 2 rings (SSSR count). The van der Waals surface area contributed by atoms with E-state index in [0.29, 0.717) is 0 Å². The first-order chi connectivity index (χ1) is 7.92. The van der Waals surface area contributed by atoms with Gasteiger partial charge in [0, 0.05) is 5.56 Å². The molecule has 1 aliphatic carbocycles. The summed E-state index contributed by atoms with van der Waals surface area (Å²) >= 11 is 0. The van der Waals surface area contributed by atoms with E-state index in [0.717, 1.165) is 31.6 Å². The molecule has 16 heavy (non-hydrogen) atoms. The number of allylic oxidation sites excluding steroid dienone is 1. The molecule has 1 aliphatic rings. The number of benzene rings is 1. The Balaban J connectivity index is 1.97. The molecule has 0 saturated carbocycles. The Kier molecular flexibility index (Phi) is 4.03. The molecular formula is C15H20O. The van der Waals surface area contributed by atoms with E-state index in [4.69, 9.17) is 4.74 Å². The Labute approximate surface area is 98.1 Å². The minimum atomic E-state index is 0.855. The summed E-state index contributed by atoms with van der Waals surface area (Å²) in [5.74, 6) is 1.10. The molecule has 0 spiro atoms. The number of aryl methyl sites for hydroxylation is 1. The molecule has 0 unspecified atom stereocenters. The van der Waals surface area contributed by atoms with E-state index < -0.39 is 0 Å². The summed E-state index contributed by atoms with van der Waals surface area (Å²) in [7, 11) is 0. The van der Waals surface area contributed by atoms with Crippen molar-refractivity contribution in [3.8, 4) is 0 Å². The van der Waals surface area contributed by atoms with Crippen molar-refractivity contribution in [3.63, 3.8) is 0 Å². The predicted octanol–water partition coefficient (Wildman–Crippen LogP) is 4.18. The van der Waals surface area contributed by atoms with Crippen LogP contribution in [-0.2, 0) is 11.2 Å². The lowest BCUT2D eigenvalue weighted by atomic mass is 9.96. The monoisotopic (exact) mass is 216 g/mol. The third-order valence-electron chi connectivity index (χ3n) is 3.03. The van der Waals surface area contributed by atoms with Crippen LogP contribution in [0, 0.1) is 0 Å². The Hall–Kier alpha value is -1.24. The standard InChI is InChI=1S/C15H20O/c1-2-3-6-12-16-15-11-7-9-13-8-4-5-10-14(13)15/h4-5,8,10-11H,2-3,6-7,9,12H2,1H3. The van der Waals surface area contributed by atoms with Crippen LogP contribution in [0.15, 0.2) is 30.3 Å². The molecule has 1 aromatic rings. The van der Waals surface area contributed by atoms with E-state index >= 15 is 0 Å². The predicted molar refractivity (Wildman–Crippen MR) is 68.2 cm³/mol. The Morgan fingerprint density at radius 1 is 1.19 bits per heavy atom. The molecule has 0 saturated heterocycles. The largest absolute Gasteiger partial charge is 0.493 e. The number of unbranched alkanes of at least 4 members (excludes halogenated alkanes) is 2. The average Bonchev–Trinajstić information content (AvgIpc) is 2.35. The first-order valence-corrected chi connectivity index (χ1v) is 6.33. The highest BCUT2D eigenvalue weighted by Gasteiger charge is 2.12. The maximum absolute atomic E-state index is 5.87. The van der Waals surface area contributed by atoms with Crippen LogP contribution in [-0.4, -0.2) is 6.61 Å². The highest BCUT2D eigenvalue weighted by atomic mass is 16.5. The second-order valence-corrected chi connectivity index (χ2v) is 4.32. The van der Waals surface area contributed by atoms with Crippen molar-refractivity contribution in [2.45, 2.75) is 39.0 Å². The fourth-order valence-corrected chi connectivity index (χ4v) is 2.12. The molecule has 0 amide bonds. The smallest absolute Gasteiger partial charge is 0.122 e. The lowest BCUT2D eigenvalue weighted by Gasteiger charge is -2.18. The van der Waals surface area contributed by atoms with Crippen molar-refractivity contribution in [1.82, 2.24) is 0 Å². The molecule has 0 heterocycles. The average molecular weight is 216 g/mol. The van der Waals surface area contributed by atoms with Gasteiger partial charge in [0.2, 0.25) is 0 Å². The zero-order chi connectivity index (χ0) is 11.2. The normalized spacial score (nSPS) is 14.2. The Morgan fingerprint density at radius 3 is 2.94 bits per heavy atom. The summed E-state index contributed by atoms with van der Waals surface area (Å²) in [6.45, 7) is 3.07. The van der Waals surface area contributed by atoms with Crippen molar-refractivity contribution >= 4 is 5.76 Å². The molecule has 0 aromatic heterocycles. The summed E-state index contributed by atoms with van der Waals surface area (Å²) in [6, 6.07) is 8.57. The van der Waals surface area contributed by atoms with Gasteiger partial charge in [-0.1, -0.05) is 44.0 Å². The van der Waals surface area contributed by atoms with Gasteiger partial charge in [0.1, 0.15) is 5.76 Å². The summed E-state index contributed by atoms with van der Waals surface area (Å²) in [5, 5.41) is 0. The zero-order valence-corrected chi connectivity index (χ0v) is 10.0. The van der Waals surface area contributed by atoms with E-state index in [-0.39, 0.29) is 0 Å². The van der Waals surface area contributed by atoms with Crippen molar-refractivity contribution in [2.24, 2.45) is 0 Å². The number of fused-ring (bicyclic) bond motifs is 1. The van der Waals surface area contributed by atoms with Crippen LogP contribution < -0.4 is 0 Å². The van der Waals surface area contributed by atoms with Crippen LogP contribution in [0.1, 0.15) is 43.7 Å². The molecule has 0 N–H and O–H groups in total. The third-order valence-corrected chi connectivity index (χ3v) is 3.03. The maximum atomic E-state index is 5.87. The van der Waals surface area contributed by atoms with E-state index in [2.05, 4.69) is 37.3 Å². The zero-order valence-electron chi connectivity index (χ0n) is 10.0. The first-order valence-electron chi connectivity index (χ1n) is 6.33. The molecule has 0 bridgehead atoms. The third kappa shape index (κ3) is 2.66. The molecule has 0 radical (unpaired) electrons. The summed E-state index contributed by atoms with van der Waals surface area (Å²) in [5.41, 5.74) is 2.72. The van der Waals surface area contributed by atoms with Gasteiger partial charge in [0.25, 0.3) is 0 Å². The second kappa shape index (κ2) is 5.74. The van der Waals surface area contributed by atoms with Crippen LogP contribution in [0.5, 0.6) is 0 Å². The van der Waals surface area contributed by atoms with Crippen molar-refractivity contribution in [1.29, 1.82) is 0 Å². The number of hydrogen-bond donors (Lipinski definition) is 0. The molecule has 1 heteroatoms. The topological polar surface area (TPSA) is 9.23 Å². The number of ether oxygens (including phenoxy) is 1. The van der Waals surface area contributed by atoms with Gasteiger partial charge in [-0.05, 0) is 30.9 Å². The SMILES string of the molecule is CCCCCOC1=CCCc2ccccc21. The van der Waals surface area contributed by atoms with Crippen molar-refractivity contribution in [3.05, 3.63) is 41.5 Å². The van der Waals surface area contributed by atoms with E-state index in [1.807, 2.05) is 0 Å². The van der Waals surface area contributed by atoms with Crippen LogP contribution in [0.4, 0.5) is 0 Å².